The van der Waals surface area contributed by atoms with Crippen LogP contribution < -0.4 is 14.4 Å². The van der Waals surface area contributed by atoms with Crippen LogP contribution in [0.2, 0.25) is 0 Å². The summed E-state index contributed by atoms with van der Waals surface area (Å²) in [7, 11) is -4.52. The summed E-state index contributed by atoms with van der Waals surface area (Å²) < 4.78 is 84.8. The van der Waals surface area contributed by atoms with E-state index in [9.17, 15) is 30.8 Å². The molecule has 6 nitrogen and oxygen atoms in total. The maximum absolute atomic E-state index is 13.1. The summed E-state index contributed by atoms with van der Waals surface area (Å²) in [6.07, 6.45) is -4.66. The molecule has 0 saturated carbocycles. The van der Waals surface area contributed by atoms with Crippen molar-refractivity contribution in [2.24, 2.45) is 0 Å². The highest BCUT2D eigenvalue weighted by Crippen LogP contribution is 2.36. The summed E-state index contributed by atoms with van der Waals surface area (Å²) >= 11 is 0. The quantitative estimate of drug-likeness (QED) is 0.714. The molecule has 1 heterocycles. The summed E-state index contributed by atoms with van der Waals surface area (Å²) in [4.78, 5) is 12.2. The SMILES string of the molecule is CC(=O)NS(=O)(=O)c1cc(C(F)(F)F)ccc1N1CC[C@H](Oc2ccc(F)cc2)C1. The van der Waals surface area contributed by atoms with Gasteiger partial charge in [-0.25, -0.2) is 17.5 Å². The van der Waals surface area contributed by atoms with E-state index >= 15 is 0 Å². The zero-order chi connectivity index (χ0) is 22.1. The number of sulfonamides is 1. The first-order valence-electron chi connectivity index (χ1n) is 8.87. The van der Waals surface area contributed by atoms with Gasteiger partial charge in [-0.1, -0.05) is 0 Å². The van der Waals surface area contributed by atoms with E-state index in [1.807, 2.05) is 0 Å². The molecule has 0 bridgehead atoms. The monoisotopic (exact) mass is 446 g/mol. The zero-order valence-electron chi connectivity index (χ0n) is 15.7. The Kier molecular flexibility index (Phi) is 5.93. The van der Waals surface area contributed by atoms with Gasteiger partial charge in [0.15, 0.2) is 0 Å². The van der Waals surface area contributed by atoms with E-state index in [4.69, 9.17) is 4.74 Å². The number of rotatable bonds is 5. The van der Waals surface area contributed by atoms with Crippen LogP contribution in [-0.4, -0.2) is 33.5 Å². The van der Waals surface area contributed by atoms with Crippen LogP contribution in [0.4, 0.5) is 23.2 Å². The third-order valence-corrected chi connectivity index (χ3v) is 5.92. The molecule has 162 valence electrons. The van der Waals surface area contributed by atoms with Crippen molar-refractivity contribution in [3.8, 4) is 5.75 Å². The molecule has 1 aliphatic rings. The Bertz CT molecular complexity index is 1040. The van der Waals surface area contributed by atoms with E-state index in [0.29, 0.717) is 24.8 Å². The van der Waals surface area contributed by atoms with E-state index in [-0.39, 0.29) is 18.3 Å². The van der Waals surface area contributed by atoms with E-state index in [0.717, 1.165) is 19.1 Å². The molecule has 0 aromatic heterocycles. The number of amides is 1. The number of hydrogen-bond acceptors (Lipinski definition) is 5. The summed E-state index contributed by atoms with van der Waals surface area (Å²) in [5.74, 6) is -0.924. The topological polar surface area (TPSA) is 75.7 Å². The smallest absolute Gasteiger partial charge is 0.416 e. The predicted octanol–water partition coefficient (Wildman–Crippen LogP) is 3.33. The van der Waals surface area contributed by atoms with Crippen molar-refractivity contribution in [3.05, 3.63) is 53.8 Å². The molecule has 2 aromatic carbocycles. The highest BCUT2D eigenvalue weighted by molar-refractivity contribution is 7.90. The number of alkyl halides is 3. The molecule has 1 amide bonds. The molecule has 1 fully saturated rings. The molecule has 30 heavy (non-hydrogen) atoms. The van der Waals surface area contributed by atoms with Crippen LogP contribution in [0.3, 0.4) is 0 Å². The number of carbonyl (C=O) groups is 1. The van der Waals surface area contributed by atoms with Crippen LogP contribution >= 0.6 is 0 Å². The fourth-order valence-corrected chi connectivity index (χ4v) is 4.40. The molecule has 0 spiro atoms. The molecule has 1 saturated heterocycles. The lowest BCUT2D eigenvalue weighted by atomic mass is 10.2. The van der Waals surface area contributed by atoms with Gasteiger partial charge in [0.25, 0.3) is 10.0 Å². The average Bonchev–Trinajstić information content (AvgIpc) is 3.10. The molecule has 1 atom stereocenters. The van der Waals surface area contributed by atoms with E-state index < -0.39 is 38.4 Å². The summed E-state index contributed by atoms with van der Waals surface area (Å²) in [5, 5.41) is 0. The van der Waals surface area contributed by atoms with Gasteiger partial charge in [-0.3, -0.25) is 4.79 Å². The molecule has 0 radical (unpaired) electrons. The number of hydrogen-bond donors (Lipinski definition) is 1. The number of benzene rings is 2. The minimum absolute atomic E-state index is 0.0296. The number of halogens is 4. The minimum Gasteiger partial charge on any atom is -0.489 e. The second-order valence-electron chi connectivity index (χ2n) is 6.77. The summed E-state index contributed by atoms with van der Waals surface area (Å²) in [6.45, 7) is 1.47. The van der Waals surface area contributed by atoms with Crippen LogP contribution in [0.25, 0.3) is 0 Å². The first-order chi connectivity index (χ1) is 14.0. The number of ether oxygens (including phenoxy) is 1. The fraction of sp³-hybridized carbons (Fsp3) is 0.316. The van der Waals surface area contributed by atoms with Gasteiger partial charge in [0.2, 0.25) is 5.91 Å². The lowest BCUT2D eigenvalue weighted by Crippen LogP contribution is -2.31. The molecule has 0 aliphatic carbocycles. The third kappa shape index (κ3) is 5.02. The molecular weight excluding hydrogens is 428 g/mol. The highest BCUT2D eigenvalue weighted by Gasteiger charge is 2.35. The summed E-state index contributed by atoms with van der Waals surface area (Å²) in [5.41, 5.74) is -1.12. The Morgan fingerprint density at radius 1 is 1.17 bits per heavy atom. The largest absolute Gasteiger partial charge is 0.489 e. The lowest BCUT2D eigenvalue weighted by Gasteiger charge is -2.23. The van der Waals surface area contributed by atoms with Crippen molar-refractivity contribution in [1.29, 1.82) is 0 Å². The van der Waals surface area contributed by atoms with Gasteiger partial charge in [0.1, 0.15) is 22.6 Å². The summed E-state index contributed by atoms with van der Waals surface area (Å²) in [6, 6.07) is 7.72. The van der Waals surface area contributed by atoms with Crippen molar-refractivity contribution < 1.29 is 35.5 Å². The van der Waals surface area contributed by atoms with Crippen molar-refractivity contribution in [3.63, 3.8) is 0 Å². The number of nitrogens with one attached hydrogen (secondary N) is 1. The van der Waals surface area contributed by atoms with Gasteiger partial charge in [-0.05, 0) is 42.5 Å². The molecule has 11 heteroatoms. The van der Waals surface area contributed by atoms with E-state index in [2.05, 4.69) is 0 Å². The minimum atomic E-state index is -4.75. The van der Waals surface area contributed by atoms with Crippen LogP contribution in [0.1, 0.15) is 18.9 Å². The van der Waals surface area contributed by atoms with Gasteiger partial charge in [0, 0.05) is 19.9 Å². The predicted molar refractivity (Wildman–Crippen MR) is 100 cm³/mol. The molecule has 0 unspecified atom stereocenters. The Labute approximate surface area is 170 Å². The molecular formula is C19H18F4N2O4S. The van der Waals surface area contributed by atoms with Crippen molar-refractivity contribution in [1.82, 2.24) is 4.72 Å². The maximum atomic E-state index is 13.1. The third-order valence-electron chi connectivity index (χ3n) is 4.46. The lowest BCUT2D eigenvalue weighted by molar-refractivity contribution is -0.137. The first kappa shape index (κ1) is 21.9. The molecule has 3 rings (SSSR count). The van der Waals surface area contributed by atoms with Crippen LogP contribution in [-0.2, 0) is 21.0 Å². The van der Waals surface area contributed by atoms with Gasteiger partial charge < -0.3 is 9.64 Å². The Morgan fingerprint density at radius 2 is 1.83 bits per heavy atom. The first-order valence-corrected chi connectivity index (χ1v) is 10.4. The Balaban J connectivity index is 1.89. The molecule has 1 aliphatic heterocycles. The van der Waals surface area contributed by atoms with Crippen molar-refractivity contribution in [2.75, 3.05) is 18.0 Å². The zero-order valence-corrected chi connectivity index (χ0v) is 16.6. The maximum Gasteiger partial charge on any atom is 0.416 e. The number of anilines is 1. The fourth-order valence-electron chi connectivity index (χ4n) is 3.16. The Morgan fingerprint density at radius 3 is 2.43 bits per heavy atom. The average molecular weight is 446 g/mol. The Hall–Kier alpha value is -2.82. The van der Waals surface area contributed by atoms with Crippen molar-refractivity contribution in [2.45, 2.75) is 30.5 Å². The van der Waals surface area contributed by atoms with E-state index in [1.54, 1.807) is 9.62 Å². The van der Waals surface area contributed by atoms with Crippen LogP contribution in [0.15, 0.2) is 47.4 Å². The van der Waals surface area contributed by atoms with Gasteiger partial charge in [-0.15, -0.1) is 0 Å². The number of carbonyl (C=O) groups excluding carboxylic acids is 1. The molecule has 2 aromatic rings. The van der Waals surface area contributed by atoms with Gasteiger partial charge >= 0.3 is 6.18 Å². The van der Waals surface area contributed by atoms with Gasteiger partial charge in [-0.2, -0.15) is 13.2 Å². The van der Waals surface area contributed by atoms with Crippen LogP contribution in [0.5, 0.6) is 5.75 Å². The normalized spacial score (nSPS) is 17.1. The standard InChI is InChI=1S/C19H18F4N2O4S/c1-12(26)24-30(27,28)18-10-13(19(21,22)23)2-7-17(18)25-9-8-16(11-25)29-15-5-3-14(20)4-6-15/h2-7,10,16H,8-9,11H2,1H3,(H,24,26)/t16-/m0/s1. The number of nitrogens with zero attached hydrogens (tertiary/aromatic N) is 1. The molecule has 1 N–H and O–H groups in total. The van der Waals surface area contributed by atoms with Crippen molar-refractivity contribution >= 4 is 21.6 Å². The van der Waals surface area contributed by atoms with E-state index in [1.165, 1.54) is 24.3 Å². The highest BCUT2D eigenvalue weighted by atomic mass is 32.2. The van der Waals surface area contributed by atoms with Gasteiger partial charge in [0.05, 0.1) is 17.8 Å². The van der Waals surface area contributed by atoms with Crippen LogP contribution in [0, 0.1) is 5.82 Å². The second kappa shape index (κ2) is 8.13. The second-order valence-corrected chi connectivity index (χ2v) is 8.42.